The Labute approximate surface area is 156 Å². The quantitative estimate of drug-likeness (QED) is 0.656. The molecule has 26 heavy (non-hydrogen) atoms. The van der Waals surface area contributed by atoms with Crippen molar-refractivity contribution in [3.05, 3.63) is 11.6 Å². The third-order valence-electron chi connectivity index (χ3n) is 8.31. The Hall–Kier alpha value is -1.32. The standard InChI is InChI=1S/C22H32O4/c1-4-13-11-14-12-15(23)5-6-16(14)17-9-10-22(2)18(20(13)17)7-8-19(22)26-21(24)25-3/h12-13,16-20H,4-11H2,1-3H3. The van der Waals surface area contributed by atoms with Gasteiger partial charge >= 0.3 is 6.16 Å². The number of methoxy groups -OCH3 is 1. The van der Waals surface area contributed by atoms with Gasteiger partial charge in [0.05, 0.1) is 7.11 Å². The fourth-order valence-electron chi connectivity index (χ4n) is 7.11. The smallest absolute Gasteiger partial charge is 0.438 e. The van der Waals surface area contributed by atoms with Crippen molar-refractivity contribution < 1.29 is 19.1 Å². The van der Waals surface area contributed by atoms with E-state index in [2.05, 4.69) is 13.8 Å². The Morgan fingerprint density at radius 2 is 2.08 bits per heavy atom. The van der Waals surface area contributed by atoms with Gasteiger partial charge in [-0.25, -0.2) is 4.79 Å². The lowest BCUT2D eigenvalue weighted by molar-refractivity contribution is -0.116. The van der Waals surface area contributed by atoms with Crippen molar-refractivity contribution in [2.24, 2.45) is 35.0 Å². The molecule has 0 aromatic rings. The van der Waals surface area contributed by atoms with E-state index in [0.29, 0.717) is 35.4 Å². The van der Waals surface area contributed by atoms with Crippen molar-refractivity contribution in [1.29, 1.82) is 0 Å². The molecule has 7 atom stereocenters. The van der Waals surface area contributed by atoms with Gasteiger partial charge in [-0.15, -0.1) is 0 Å². The van der Waals surface area contributed by atoms with Crippen LogP contribution in [0.2, 0.25) is 0 Å². The summed E-state index contributed by atoms with van der Waals surface area (Å²) in [4.78, 5) is 23.7. The van der Waals surface area contributed by atoms with E-state index in [1.165, 1.54) is 25.5 Å². The van der Waals surface area contributed by atoms with Crippen LogP contribution in [0.25, 0.3) is 0 Å². The highest BCUT2D eigenvalue weighted by molar-refractivity contribution is 5.91. The molecule has 4 nitrogen and oxygen atoms in total. The van der Waals surface area contributed by atoms with Crippen LogP contribution in [0.15, 0.2) is 11.6 Å². The van der Waals surface area contributed by atoms with Crippen LogP contribution >= 0.6 is 0 Å². The summed E-state index contributed by atoms with van der Waals surface area (Å²) >= 11 is 0. The first-order valence-electron chi connectivity index (χ1n) is 10.5. The van der Waals surface area contributed by atoms with E-state index in [4.69, 9.17) is 9.47 Å². The third kappa shape index (κ3) is 2.71. The Kier molecular flexibility index (Phi) is 4.65. The zero-order valence-electron chi connectivity index (χ0n) is 16.3. The van der Waals surface area contributed by atoms with Gasteiger partial charge in [0, 0.05) is 11.8 Å². The topological polar surface area (TPSA) is 52.6 Å². The Morgan fingerprint density at radius 3 is 2.81 bits per heavy atom. The maximum atomic E-state index is 11.9. The van der Waals surface area contributed by atoms with Crippen LogP contribution in [0, 0.1) is 35.0 Å². The molecule has 0 spiro atoms. The number of ketones is 1. The summed E-state index contributed by atoms with van der Waals surface area (Å²) in [5.74, 6) is 3.65. The summed E-state index contributed by atoms with van der Waals surface area (Å²) in [7, 11) is 1.39. The summed E-state index contributed by atoms with van der Waals surface area (Å²) in [6.07, 6.45) is 9.92. The molecule has 0 N–H and O–H groups in total. The molecule has 0 aromatic carbocycles. The zero-order chi connectivity index (χ0) is 18.5. The van der Waals surface area contributed by atoms with Crippen LogP contribution in [0.4, 0.5) is 4.79 Å². The molecule has 0 aromatic heterocycles. The summed E-state index contributed by atoms with van der Waals surface area (Å²) in [5, 5.41) is 0. The summed E-state index contributed by atoms with van der Waals surface area (Å²) in [6.45, 7) is 4.65. The molecular weight excluding hydrogens is 328 g/mol. The molecule has 3 saturated carbocycles. The molecular formula is C22H32O4. The van der Waals surface area contributed by atoms with Gasteiger partial charge in [-0.2, -0.15) is 0 Å². The highest BCUT2D eigenvalue weighted by atomic mass is 16.7. The second-order valence-corrected chi connectivity index (χ2v) is 9.23. The predicted octanol–water partition coefficient (Wildman–Crippen LogP) is 4.92. The zero-order valence-corrected chi connectivity index (χ0v) is 16.3. The summed E-state index contributed by atoms with van der Waals surface area (Å²) in [5.41, 5.74) is 1.52. The Bertz CT molecular complexity index is 624. The van der Waals surface area contributed by atoms with Crippen LogP contribution in [0.5, 0.6) is 0 Å². The van der Waals surface area contributed by atoms with Crippen LogP contribution in [-0.2, 0) is 14.3 Å². The Balaban J connectivity index is 1.62. The monoisotopic (exact) mass is 360 g/mol. The molecule has 0 heterocycles. The maximum absolute atomic E-state index is 11.9. The van der Waals surface area contributed by atoms with Crippen molar-refractivity contribution in [2.45, 2.75) is 71.3 Å². The average molecular weight is 360 g/mol. The van der Waals surface area contributed by atoms with Crippen LogP contribution in [-0.4, -0.2) is 25.2 Å². The van der Waals surface area contributed by atoms with E-state index < -0.39 is 6.16 Å². The minimum absolute atomic E-state index is 0.0109. The van der Waals surface area contributed by atoms with Crippen LogP contribution in [0.3, 0.4) is 0 Å². The van der Waals surface area contributed by atoms with E-state index in [9.17, 15) is 9.59 Å². The maximum Gasteiger partial charge on any atom is 0.508 e. The Morgan fingerprint density at radius 1 is 1.27 bits per heavy atom. The molecule has 3 fully saturated rings. The molecule has 0 saturated heterocycles. The number of carbonyl (C=O) groups excluding carboxylic acids is 2. The van der Waals surface area contributed by atoms with Crippen molar-refractivity contribution in [2.75, 3.05) is 7.11 Å². The van der Waals surface area contributed by atoms with Gasteiger partial charge < -0.3 is 9.47 Å². The molecule has 144 valence electrons. The third-order valence-corrected chi connectivity index (χ3v) is 8.31. The fraction of sp³-hybridized carbons (Fsp3) is 0.818. The van der Waals surface area contributed by atoms with Gasteiger partial charge in [0.2, 0.25) is 0 Å². The van der Waals surface area contributed by atoms with Crippen molar-refractivity contribution >= 4 is 11.9 Å². The molecule has 4 aliphatic carbocycles. The second kappa shape index (κ2) is 6.69. The van der Waals surface area contributed by atoms with Crippen molar-refractivity contribution in [3.8, 4) is 0 Å². The lowest BCUT2D eigenvalue weighted by atomic mass is 9.49. The minimum atomic E-state index is -0.536. The van der Waals surface area contributed by atoms with Gasteiger partial charge in [-0.1, -0.05) is 25.8 Å². The van der Waals surface area contributed by atoms with E-state index in [-0.39, 0.29) is 11.5 Å². The number of ether oxygens (including phenoxy) is 2. The van der Waals surface area contributed by atoms with Gasteiger partial charge in [-0.05, 0) is 74.2 Å². The SMILES string of the molecule is CCC1CC2=CC(=O)CCC2C2CCC3(C)C(OC(=O)OC)CCC3C12. The van der Waals surface area contributed by atoms with Crippen LogP contribution < -0.4 is 0 Å². The summed E-state index contributed by atoms with van der Waals surface area (Å²) in [6, 6.07) is 0. The first kappa shape index (κ1) is 18.1. The van der Waals surface area contributed by atoms with Crippen molar-refractivity contribution in [3.63, 3.8) is 0 Å². The highest BCUT2D eigenvalue weighted by Gasteiger charge is 2.59. The molecule has 4 heteroatoms. The van der Waals surface area contributed by atoms with Gasteiger partial charge in [0.1, 0.15) is 6.10 Å². The van der Waals surface area contributed by atoms with Gasteiger partial charge in [0.25, 0.3) is 0 Å². The van der Waals surface area contributed by atoms with E-state index in [1.807, 2.05) is 6.08 Å². The number of allylic oxidation sites excluding steroid dienone is 1. The predicted molar refractivity (Wildman–Crippen MR) is 98.5 cm³/mol. The molecule has 4 rings (SSSR count). The first-order chi connectivity index (χ1) is 12.5. The van der Waals surface area contributed by atoms with E-state index in [0.717, 1.165) is 38.5 Å². The number of fused-ring (bicyclic) bond motifs is 5. The number of carbonyl (C=O) groups is 2. The fourth-order valence-corrected chi connectivity index (χ4v) is 7.11. The largest absolute Gasteiger partial charge is 0.508 e. The lowest BCUT2D eigenvalue weighted by Crippen LogP contribution is -2.51. The second-order valence-electron chi connectivity index (χ2n) is 9.23. The molecule has 0 radical (unpaired) electrons. The minimum Gasteiger partial charge on any atom is -0.438 e. The average Bonchev–Trinajstić information content (AvgIpc) is 2.96. The van der Waals surface area contributed by atoms with Crippen molar-refractivity contribution in [1.82, 2.24) is 0 Å². The molecule has 0 bridgehead atoms. The normalized spacial score (nSPS) is 44.4. The van der Waals surface area contributed by atoms with E-state index >= 15 is 0 Å². The van der Waals surface area contributed by atoms with Crippen LogP contribution in [0.1, 0.15) is 65.2 Å². The number of hydrogen-bond donors (Lipinski definition) is 0. The summed E-state index contributed by atoms with van der Waals surface area (Å²) < 4.78 is 10.5. The molecule has 0 aliphatic heterocycles. The molecule has 7 unspecified atom stereocenters. The van der Waals surface area contributed by atoms with Gasteiger partial charge in [-0.3, -0.25) is 4.79 Å². The number of hydrogen-bond acceptors (Lipinski definition) is 4. The highest BCUT2D eigenvalue weighted by Crippen LogP contribution is 2.64. The lowest BCUT2D eigenvalue weighted by Gasteiger charge is -2.56. The van der Waals surface area contributed by atoms with Gasteiger partial charge in [0.15, 0.2) is 5.78 Å². The first-order valence-corrected chi connectivity index (χ1v) is 10.5. The molecule has 4 aliphatic rings. The molecule has 0 amide bonds. The van der Waals surface area contributed by atoms with E-state index in [1.54, 1.807) is 0 Å². The number of rotatable bonds is 2.